The first kappa shape index (κ1) is 19.2. The second kappa shape index (κ2) is 9.42. The summed E-state index contributed by atoms with van der Waals surface area (Å²) in [6.07, 6.45) is 2.03. The minimum Gasteiger partial charge on any atom is -0.494 e. The van der Waals surface area contributed by atoms with Crippen molar-refractivity contribution < 1.29 is 19.1 Å². The van der Waals surface area contributed by atoms with Gasteiger partial charge in [0.1, 0.15) is 5.75 Å². The Hall–Kier alpha value is -3.08. The molecule has 0 aliphatic rings. The number of nitrogens with one attached hydrogen (secondary N) is 1. The Morgan fingerprint density at radius 2 is 1.88 bits per heavy atom. The van der Waals surface area contributed by atoms with Crippen LogP contribution in [0.1, 0.15) is 25.0 Å². The molecule has 0 radical (unpaired) electrons. The number of amides is 1. The molecule has 0 saturated heterocycles. The zero-order valence-corrected chi connectivity index (χ0v) is 15.2. The molecule has 1 atom stereocenters. The molecule has 1 N–H and O–H groups in total. The van der Waals surface area contributed by atoms with Crippen molar-refractivity contribution in [2.24, 2.45) is 0 Å². The predicted octanol–water partition coefficient (Wildman–Crippen LogP) is 3.98. The Morgan fingerprint density at radius 1 is 1.15 bits per heavy atom. The van der Waals surface area contributed by atoms with Crippen molar-refractivity contribution in [3.63, 3.8) is 0 Å². The highest BCUT2D eigenvalue weighted by molar-refractivity contribution is 5.96. The molecule has 5 heteroatoms. The first-order valence-corrected chi connectivity index (χ1v) is 8.47. The van der Waals surface area contributed by atoms with Crippen molar-refractivity contribution >= 4 is 23.6 Å². The van der Waals surface area contributed by atoms with Crippen LogP contribution in [0, 0.1) is 6.92 Å². The molecule has 0 aliphatic heterocycles. The maximum absolute atomic E-state index is 12.1. The first-order chi connectivity index (χ1) is 12.5. The number of rotatable bonds is 7. The summed E-state index contributed by atoms with van der Waals surface area (Å²) in [5, 5.41) is 2.73. The molecular weight excluding hydrogens is 330 g/mol. The van der Waals surface area contributed by atoms with Gasteiger partial charge in [0.2, 0.25) is 0 Å². The molecule has 0 aromatic heterocycles. The number of hydrogen-bond acceptors (Lipinski definition) is 4. The van der Waals surface area contributed by atoms with E-state index in [0.29, 0.717) is 12.3 Å². The normalized spacial score (nSPS) is 11.8. The number of anilines is 1. The number of benzene rings is 2. The molecule has 26 heavy (non-hydrogen) atoms. The Bertz CT molecular complexity index is 781. The van der Waals surface area contributed by atoms with Gasteiger partial charge in [-0.3, -0.25) is 4.79 Å². The average molecular weight is 353 g/mol. The molecule has 2 aromatic carbocycles. The molecule has 0 saturated carbocycles. The lowest BCUT2D eigenvalue weighted by molar-refractivity contribution is -0.148. The van der Waals surface area contributed by atoms with Crippen LogP contribution in [0.2, 0.25) is 0 Å². The molecule has 2 rings (SSSR count). The largest absolute Gasteiger partial charge is 0.494 e. The fourth-order valence-corrected chi connectivity index (χ4v) is 2.24. The smallest absolute Gasteiger partial charge is 0.331 e. The van der Waals surface area contributed by atoms with Crippen LogP contribution >= 0.6 is 0 Å². The van der Waals surface area contributed by atoms with Gasteiger partial charge in [-0.15, -0.1) is 0 Å². The number of carbonyl (C=O) groups excluding carboxylic acids is 2. The summed E-state index contributed by atoms with van der Waals surface area (Å²) in [6.45, 7) is 5.99. The molecule has 0 bridgehead atoms. The third-order valence-electron chi connectivity index (χ3n) is 3.55. The van der Waals surface area contributed by atoms with Crippen LogP contribution < -0.4 is 10.1 Å². The Morgan fingerprint density at radius 3 is 2.54 bits per heavy atom. The monoisotopic (exact) mass is 353 g/mol. The van der Waals surface area contributed by atoms with Gasteiger partial charge >= 0.3 is 5.97 Å². The van der Waals surface area contributed by atoms with Crippen molar-refractivity contribution in [2.75, 3.05) is 11.9 Å². The van der Waals surface area contributed by atoms with E-state index in [1.54, 1.807) is 12.1 Å². The SMILES string of the molecule is CCOc1ccc(/C=C/C(=O)O[C@@H](C)C(=O)Nc2cccc(C)c2)cc1. The maximum Gasteiger partial charge on any atom is 0.331 e. The summed E-state index contributed by atoms with van der Waals surface area (Å²) in [6, 6.07) is 14.7. The summed E-state index contributed by atoms with van der Waals surface area (Å²) in [7, 11) is 0. The predicted molar refractivity (Wildman–Crippen MR) is 102 cm³/mol. The standard InChI is InChI=1S/C21H23NO4/c1-4-25-19-11-8-17(9-12-19)10-13-20(23)26-16(3)21(24)22-18-7-5-6-15(2)14-18/h5-14,16H,4H2,1-3H3,(H,22,24)/b13-10+/t16-/m0/s1. The minimum atomic E-state index is -0.895. The Balaban J connectivity index is 1.86. The zero-order valence-electron chi connectivity index (χ0n) is 15.2. The van der Waals surface area contributed by atoms with Gasteiger partial charge in [-0.05, 0) is 62.2 Å². The van der Waals surface area contributed by atoms with Gasteiger partial charge < -0.3 is 14.8 Å². The molecule has 0 unspecified atom stereocenters. The van der Waals surface area contributed by atoms with E-state index >= 15 is 0 Å². The summed E-state index contributed by atoms with van der Waals surface area (Å²) in [4.78, 5) is 24.0. The van der Waals surface area contributed by atoms with Crippen molar-refractivity contribution in [3.05, 3.63) is 65.7 Å². The first-order valence-electron chi connectivity index (χ1n) is 8.47. The molecule has 5 nitrogen and oxygen atoms in total. The fourth-order valence-electron chi connectivity index (χ4n) is 2.24. The lowest BCUT2D eigenvalue weighted by Gasteiger charge is -2.12. The minimum absolute atomic E-state index is 0.376. The van der Waals surface area contributed by atoms with E-state index in [2.05, 4.69) is 5.32 Å². The van der Waals surface area contributed by atoms with Gasteiger partial charge in [0.25, 0.3) is 5.91 Å². The van der Waals surface area contributed by atoms with Crippen molar-refractivity contribution in [1.82, 2.24) is 0 Å². The third-order valence-corrected chi connectivity index (χ3v) is 3.55. The van der Waals surface area contributed by atoms with Crippen LogP contribution in [0.4, 0.5) is 5.69 Å². The molecule has 0 aliphatic carbocycles. The highest BCUT2D eigenvalue weighted by atomic mass is 16.5. The molecule has 0 spiro atoms. The summed E-state index contributed by atoms with van der Waals surface area (Å²) in [5.41, 5.74) is 2.54. The molecule has 0 heterocycles. The van der Waals surface area contributed by atoms with E-state index in [-0.39, 0.29) is 5.91 Å². The lowest BCUT2D eigenvalue weighted by atomic mass is 10.2. The van der Waals surface area contributed by atoms with Gasteiger partial charge in [-0.1, -0.05) is 24.3 Å². The van der Waals surface area contributed by atoms with Crippen LogP contribution in [0.5, 0.6) is 5.75 Å². The van der Waals surface area contributed by atoms with Crippen LogP contribution in [-0.4, -0.2) is 24.6 Å². The molecular formula is C21H23NO4. The lowest BCUT2D eigenvalue weighted by Crippen LogP contribution is -2.29. The van der Waals surface area contributed by atoms with E-state index < -0.39 is 12.1 Å². The van der Waals surface area contributed by atoms with Gasteiger partial charge in [0.05, 0.1) is 6.61 Å². The van der Waals surface area contributed by atoms with E-state index in [4.69, 9.17) is 9.47 Å². The van der Waals surface area contributed by atoms with Crippen molar-refractivity contribution in [3.8, 4) is 5.75 Å². The second-order valence-corrected chi connectivity index (χ2v) is 5.77. The second-order valence-electron chi connectivity index (χ2n) is 5.77. The number of carbonyl (C=O) groups is 2. The van der Waals surface area contributed by atoms with Crippen LogP contribution in [0.3, 0.4) is 0 Å². The van der Waals surface area contributed by atoms with E-state index in [9.17, 15) is 9.59 Å². The number of esters is 1. The van der Waals surface area contributed by atoms with Crippen molar-refractivity contribution in [2.45, 2.75) is 26.9 Å². The van der Waals surface area contributed by atoms with Gasteiger partial charge in [0, 0.05) is 11.8 Å². The topological polar surface area (TPSA) is 64.6 Å². The molecule has 1 amide bonds. The van der Waals surface area contributed by atoms with E-state index in [1.807, 2.05) is 56.3 Å². The zero-order chi connectivity index (χ0) is 18.9. The Kier molecular flexibility index (Phi) is 6.97. The number of ether oxygens (including phenoxy) is 2. The summed E-state index contributed by atoms with van der Waals surface area (Å²) < 4.78 is 10.5. The summed E-state index contributed by atoms with van der Waals surface area (Å²) >= 11 is 0. The molecule has 2 aromatic rings. The highest BCUT2D eigenvalue weighted by Crippen LogP contribution is 2.13. The molecule has 0 fully saturated rings. The van der Waals surface area contributed by atoms with Gasteiger partial charge in [0.15, 0.2) is 6.10 Å². The quantitative estimate of drug-likeness (QED) is 0.604. The van der Waals surface area contributed by atoms with E-state index in [1.165, 1.54) is 13.0 Å². The fraction of sp³-hybridized carbons (Fsp3) is 0.238. The number of aryl methyl sites for hydroxylation is 1. The molecule has 136 valence electrons. The van der Waals surface area contributed by atoms with Crippen LogP contribution in [0.25, 0.3) is 6.08 Å². The average Bonchev–Trinajstić information content (AvgIpc) is 2.61. The van der Waals surface area contributed by atoms with E-state index in [0.717, 1.165) is 16.9 Å². The highest BCUT2D eigenvalue weighted by Gasteiger charge is 2.16. The Labute approximate surface area is 153 Å². The van der Waals surface area contributed by atoms with Crippen LogP contribution in [-0.2, 0) is 14.3 Å². The maximum atomic E-state index is 12.1. The van der Waals surface area contributed by atoms with Crippen LogP contribution in [0.15, 0.2) is 54.6 Å². The number of hydrogen-bond donors (Lipinski definition) is 1. The van der Waals surface area contributed by atoms with Gasteiger partial charge in [-0.25, -0.2) is 4.79 Å². The third kappa shape index (κ3) is 6.09. The van der Waals surface area contributed by atoms with Crippen molar-refractivity contribution in [1.29, 1.82) is 0 Å². The van der Waals surface area contributed by atoms with Gasteiger partial charge in [-0.2, -0.15) is 0 Å². The summed E-state index contributed by atoms with van der Waals surface area (Å²) in [5.74, 6) is -0.183.